The molecule has 13 atom stereocenters. The third-order valence-corrected chi connectivity index (χ3v) is 10.9. The van der Waals surface area contributed by atoms with E-state index in [0.29, 0.717) is 12.8 Å². The second-order valence-electron chi connectivity index (χ2n) is 14.7. The van der Waals surface area contributed by atoms with Crippen molar-refractivity contribution in [2.24, 2.45) is 28.8 Å². The molecule has 0 aromatic rings. The number of esters is 1. The Kier molecular flexibility index (Phi) is 14.2. The van der Waals surface area contributed by atoms with E-state index in [4.69, 9.17) is 29.2 Å². The normalized spacial score (nSPS) is 40.5. The highest BCUT2D eigenvalue weighted by molar-refractivity contribution is 6.00. The molecule has 4 unspecified atom stereocenters. The highest BCUT2D eigenvalue weighted by Gasteiger charge is 2.60. The lowest BCUT2D eigenvalue weighted by Gasteiger charge is -2.46. The van der Waals surface area contributed by atoms with Crippen LogP contribution >= 0.6 is 0 Å². The predicted octanol–water partition coefficient (Wildman–Crippen LogP) is 3.21. The van der Waals surface area contributed by atoms with Gasteiger partial charge in [-0.05, 0) is 66.1 Å². The second kappa shape index (κ2) is 17.1. The average molecular weight is 712 g/mol. The quantitative estimate of drug-likeness (QED) is 0.0836. The number of aliphatic hydroxyl groups is 2. The van der Waals surface area contributed by atoms with Gasteiger partial charge in [-0.3, -0.25) is 14.4 Å². The van der Waals surface area contributed by atoms with Crippen molar-refractivity contribution >= 4 is 23.6 Å². The van der Waals surface area contributed by atoms with Gasteiger partial charge in [0.25, 0.3) is 0 Å². The van der Waals surface area contributed by atoms with E-state index in [2.05, 4.69) is 10.0 Å². The number of likely N-dealkylation sites (N-methyl/N-ethyl adjacent to an activating group) is 1. The zero-order valence-electron chi connectivity index (χ0n) is 31.1. The molecule has 16 heteroatoms. The largest absolute Gasteiger partial charge is 0.458 e. The van der Waals surface area contributed by atoms with Crippen molar-refractivity contribution in [1.82, 2.24) is 9.80 Å². The van der Waals surface area contributed by atoms with Gasteiger partial charge >= 0.3 is 12.1 Å². The van der Waals surface area contributed by atoms with Crippen molar-refractivity contribution in [2.75, 3.05) is 34.3 Å². The van der Waals surface area contributed by atoms with Crippen LogP contribution in [0.2, 0.25) is 0 Å². The first-order valence-corrected chi connectivity index (χ1v) is 17.5. The molecule has 0 aliphatic carbocycles. The first-order chi connectivity index (χ1) is 23.4. The van der Waals surface area contributed by atoms with Crippen LogP contribution < -0.4 is 0 Å². The molecular formula is C34H57N5O11. The number of nitrogens with zero attached hydrogens (tertiary/aromatic N) is 5. The molecule has 0 saturated carbocycles. The Morgan fingerprint density at radius 1 is 1.06 bits per heavy atom. The van der Waals surface area contributed by atoms with Gasteiger partial charge in [0.05, 0.1) is 17.7 Å². The maximum Gasteiger partial charge on any atom is 0.410 e. The number of amides is 1. The number of aliphatic hydroxyl groups excluding tert-OH is 2. The zero-order valence-corrected chi connectivity index (χ0v) is 31.1. The number of fused-ring (bicyclic) bond motifs is 1. The minimum absolute atomic E-state index is 0.0534. The minimum atomic E-state index is -1.44. The van der Waals surface area contributed by atoms with E-state index in [9.17, 15) is 29.4 Å². The average Bonchev–Trinajstić information content (AvgIpc) is 3.33. The molecule has 3 saturated heterocycles. The van der Waals surface area contributed by atoms with E-state index < -0.39 is 95.7 Å². The molecule has 3 fully saturated rings. The standard InChI is InChI=1S/C34H57N5O11/c1-11-23-34(7)28(39(32(45)50-34)15-13-12-14-36-37-35)19(3)25(41)18(2)17-33(6,46-10)29(20(4)26(42)21(5)30(44)47-23)49-31-27(43)22(38(8)9)16-24(40)48-31/h18-24,27-29,31,40,43H,11-17H2,1-10H3/t18-,19+,20+,21-,22?,23-,24?,27?,28-,29-,31?,33+,34-/m1/s1. The molecule has 1 amide bonds. The van der Waals surface area contributed by atoms with Crippen LogP contribution in [0.3, 0.4) is 0 Å². The summed E-state index contributed by atoms with van der Waals surface area (Å²) >= 11 is 0. The fraction of sp³-hybridized carbons (Fsp3) is 0.882. The second-order valence-corrected chi connectivity index (χ2v) is 14.7. The lowest BCUT2D eigenvalue weighted by Crippen LogP contribution is -2.60. The van der Waals surface area contributed by atoms with Crippen molar-refractivity contribution in [2.45, 2.75) is 135 Å². The molecule has 50 heavy (non-hydrogen) atoms. The molecule has 16 nitrogen and oxygen atoms in total. The Labute approximate surface area is 294 Å². The van der Waals surface area contributed by atoms with Gasteiger partial charge in [-0.25, -0.2) is 4.79 Å². The molecule has 0 aromatic carbocycles. The molecule has 3 rings (SSSR count). The number of carbonyl (C=O) groups excluding carboxylic acids is 4. The van der Waals surface area contributed by atoms with Gasteiger partial charge < -0.3 is 43.7 Å². The zero-order chi connectivity index (χ0) is 37.7. The van der Waals surface area contributed by atoms with Gasteiger partial charge in [0.2, 0.25) is 0 Å². The Hall–Kier alpha value is -2.85. The summed E-state index contributed by atoms with van der Waals surface area (Å²) in [7, 11) is 4.93. The molecule has 0 bridgehead atoms. The smallest absolute Gasteiger partial charge is 0.410 e. The number of hydrogen-bond donors (Lipinski definition) is 2. The first kappa shape index (κ1) is 41.6. The summed E-state index contributed by atoms with van der Waals surface area (Å²) in [6.45, 7) is 12.0. The van der Waals surface area contributed by atoms with E-state index in [1.807, 2.05) is 0 Å². The van der Waals surface area contributed by atoms with Crippen LogP contribution in [0, 0.1) is 23.7 Å². The summed E-state index contributed by atoms with van der Waals surface area (Å²) in [5.41, 5.74) is 5.86. The number of methoxy groups -OCH3 is 1. The van der Waals surface area contributed by atoms with E-state index in [0.717, 1.165) is 0 Å². The number of hydrogen-bond acceptors (Lipinski definition) is 13. The highest BCUT2D eigenvalue weighted by atomic mass is 16.7. The molecule has 3 aliphatic rings. The molecule has 0 aromatic heterocycles. The van der Waals surface area contributed by atoms with Gasteiger partial charge in [0, 0.05) is 55.3 Å². The number of cyclic esters (lactones) is 1. The third kappa shape index (κ3) is 8.60. The number of ether oxygens (including phenoxy) is 5. The summed E-state index contributed by atoms with van der Waals surface area (Å²) in [5, 5.41) is 25.3. The Bertz CT molecular complexity index is 1280. The summed E-state index contributed by atoms with van der Waals surface area (Å²) in [4.78, 5) is 61.7. The summed E-state index contributed by atoms with van der Waals surface area (Å²) in [6, 6.07) is -1.37. The fourth-order valence-electron chi connectivity index (χ4n) is 8.01. The van der Waals surface area contributed by atoms with Crippen LogP contribution in [0.1, 0.15) is 80.6 Å². The van der Waals surface area contributed by atoms with E-state index >= 15 is 0 Å². The molecule has 2 N–H and O–H groups in total. The van der Waals surface area contributed by atoms with Crippen molar-refractivity contribution in [3.05, 3.63) is 10.4 Å². The number of unbranched alkanes of at least 4 members (excludes halogenated alkanes) is 1. The third-order valence-electron chi connectivity index (χ3n) is 10.9. The van der Waals surface area contributed by atoms with Gasteiger partial charge in [-0.1, -0.05) is 32.8 Å². The molecule has 0 spiro atoms. The first-order valence-electron chi connectivity index (χ1n) is 17.5. The minimum Gasteiger partial charge on any atom is -0.458 e. The van der Waals surface area contributed by atoms with Gasteiger partial charge in [-0.15, -0.1) is 0 Å². The van der Waals surface area contributed by atoms with Crippen LogP contribution in [-0.4, -0.2) is 132 Å². The molecule has 284 valence electrons. The van der Waals surface area contributed by atoms with Crippen LogP contribution in [0.25, 0.3) is 10.4 Å². The van der Waals surface area contributed by atoms with Crippen molar-refractivity contribution in [3.63, 3.8) is 0 Å². The Balaban J connectivity index is 2.10. The van der Waals surface area contributed by atoms with Crippen LogP contribution in [0.4, 0.5) is 4.79 Å². The lowest BCUT2D eigenvalue weighted by molar-refractivity contribution is -0.327. The Morgan fingerprint density at radius 3 is 2.30 bits per heavy atom. The van der Waals surface area contributed by atoms with E-state index in [-0.39, 0.29) is 38.1 Å². The van der Waals surface area contributed by atoms with Crippen molar-refractivity contribution < 1.29 is 53.1 Å². The van der Waals surface area contributed by atoms with E-state index in [1.165, 1.54) is 18.9 Å². The Morgan fingerprint density at radius 2 is 1.72 bits per heavy atom. The van der Waals surface area contributed by atoms with Crippen molar-refractivity contribution in [1.29, 1.82) is 0 Å². The van der Waals surface area contributed by atoms with Gasteiger partial charge in [-0.2, -0.15) is 0 Å². The predicted molar refractivity (Wildman–Crippen MR) is 179 cm³/mol. The number of azide groups is 1. The lowest BCUT2D eigenvalue weighted by atomic mass is 9.73. The monoisotopic (exact) mass is 711 g/mol. The highest BCUT2D eigenvalue weighted by Crippen LogP contribution is 2.43. The molecular weight excluding hydrogens is 654 g/mol. The summed E-state index contributed by atoms with van der Waals surface area (Å²) < 4.78 is 30.1. The van der Waals surface area contributed by atoms with Crippen LogP contribution in [-0.2, 0) is 38.1 Å². The topological polar surface area (TPSA) is 210 Å². The van der Waals surface area contributed by atoms with Gasteiger partial charge in [0.1, 0.15) is 23.9 Å². The summed E-state index contributed by atoms with van der Waals surface area (Å²) in [5.74, 6) is -5.41. The molecule has 3 aliphatic heterocycles. The molecule has 0 radical (unpaired) electrons. The number of Topliss-reactive ketones (excluding diaryl/α,β-unsaturated/α-hetero) is 2. The number of rotatable bonds is 10. The van der Waals surface area contributed by atoms with Crippen LogP contribution in [0.15, 0.2) is 5.11 Å². The van der Waals surface area contributed by atoms with Crippen molar-refractivity contribution in [3.8, 4) is 0 Å². The molecule has 3 heterocycles. The number of carbonyl (C=O) groups is 4. The number of ketones is 2. The fourth-order valence-corrected chi connectivity index (χ4v) is 8.01. The van der Waals surface area contributed by atoms with Gasteiger partial charge in [0.15, 0.2) is 24.0 Å². The van der Waals surface area contributed by atoms with Crippen LogP contribution in [0.5, 0.6) is 0 Å². The maximum atomic E-state index is 14.4. The SMILES string of the molecule is CC[C@H]1OC(=O)[C@H](C)C(=O)[C@H](C)[C@@H](OC2OC(O)CC(N(C)C)C2O)[C@@](C)(OC)C[C@@H](C)C(=O)[C@H](C)[C@H]2N(CCCCN=[N+]=[N-])C(=O)O[C@]12C. The maximum absolute atomic E-state index is 14.4. The van der Waals surface area contributed by atoms with E-state index in [1.54, 1.807) is 60.5 Å². The summed E-state index contributed by atoms with van der Waals surface area (Å²) in [6.07, 6.45) is -5.30.